The molecule has 106 valence electrons. The molecule has 0 aliphatic carbocycles. The molecule has 2 nitrogen and oxygen atoms in total. The largest absolute Gasteiger partial charge is 0.387 e. The van der Waals surface area contributed by atoms with E-state index in [1.807, 2.05) is 49.4 Å². The van der Waals surface area contributed by atoms with Crippen LogP contribution in [0.5, 0.6) is 0 Å². The highest BCUT2D eigenvalue weighted by molar-refractivity contribution is 6.30. The Labute approximate surface area is 125 Å². The van der Waals surface area contributed by atoms with E-state index >= 15 is 0 Å². The third kappa shape index (κ3) is 4.07. The van der Waals surface area contributed by atoms with E-state index in [0.717, 1.165) is 18.5 Å². The fourth-order valence-corrected chi connectivity index (χ4v) is 2.44. The molecule has 2 aromatic rings. The maximum Gasteiger partial charge on any atom is 0.0946 e. The van der Waals surface area contributed by atoms with Crippen LogP contribution in [0, 0.1) is 0 Å². The molecule has 3 heteroatoms. The van der Waals surface area contributed by atoms with Crippen LogP contribution in [0.1, 0.15) is 24.2 Å². The van der Waals surface area contributed by atoms with E-state index in [4.69, 9.17) is 11.6 Å². The molecule has 0 aliphatic heterocycles. The highest BCUT2D eigenvalue weighted by atomic mass is 35.5. The van der Waals surface area contributed by atoms with Gasteiger partial charge in [-0.05, 0) is 36.2 Å². The van der Waals surface area contributed by atoms with Gasteiger partial charge in [-0.1, -0.05) is 61.0 Å². The Hall–Kier alpha value is -1.35. The van der Waals surface area contributed by atoms with Crippen LogP contribution in [-0.4, -0.2) is 17.7 Å². The van der Waals surface area contributed by atoms with E-state index in [2.05, 4.69) is 17.4 Å². The molecule has 0 bridgehead atoms. The molecule has 0 spiro atoms. The highest BCUT2D eigenvalue weighted by Gasteiger charge is 2.20. The Morgan fingerprint density at radius 3 is 2.30 bits per heavy atom. The molecule has 2 aromatic carbocycles. The van der Waals surface area contributed by atoms with Gasteiger partial charge in [0.25, 0.3) is 0 Å². The van der Waals surface area contributed by atoms with E-state index in [-0.39, 0.29) is 6.04 Å². The van der Waals surface area contributed by atoms with E-state index in [1.165, 1.54) is 5.56 Å². The van der Waals surface area contributed by atoms with Crippen LogP contribution in [-0.2, 0) is 6.42 Å². The molecule has 20 heavy (non-hydrogen) atoms. The topological polar surface area (TPSA) is 32.3 Å². The molecule has 0 fully saturated rings. The van der Waals surface area contributed by atoms with Crippen LogP contribution in [0.15, 0.2) is 54.6 Å². The second kappa shape index (κ2) is 7.44. The van der Waals surface area contributed by atoms with Gasteiger partial charge in [0.2, 0.25) is 0 Å². The zero-order valence-electron chi connectivity index (χ0n) is 11.6. The number of aliphatic hydroxyl groups excluding tert-OH is 1. The summed E-state index contributed by atoms with van der Waals surface area (Å²) in [6.45, 7) is 2.87. The van der Waals surface area contributed by atoms with Gasteiger partial charge in [-0.15, -0.1) is 0 Å². The molecule has 0 aliphatic rings. The van der Waals surface area contributed by atoms with E-state index in [9.17, 15) is 5.11 Å². The number of aliphatic hydroxyl groups is 1. The first-order valence-corrected chi connectivity index (χ1v) is 7.29. The fourth-order valence-electron chi connectivity index (χ4n) is 2.32. The molecule has 2 unspecified atom stereocenters. The van der Waals surface area contributed by atoms with Crippen molar-refractivity contribution in [3.05, 3.63) is 70.7 Å². The zero-order chi connectivity index (χ0) is 14.4. The fraction of sp³-hybridized carbons (Fsp3) is 0.294. The summed E-state index contributed by atoms with van der Waals surface area (Å²) in [5.74, 6) is 0. The molecule has 0 amide bonds. The van der Waals surface area contributed by atoms with Gasteiger partial charge in [0, 0.05) is 11.1 Å². The smallest absolute Gasteiger partial charge is 0.0946 e. The standard InChI is InChI=1S/C17H20ClNO/c1-2-19-16(12-13-6-4-3-5-7-13)17(20)14-8-10-15(18)11-9-14/h3-11,16-17,19-20H,2,12H2,1H3. The van der Waals surface area contributed by atoms with Crippen LogP contribution < -0.4 is 5.32 Å². The number of likely N-dealkylation sites (N-methyl/N-ethyl adjacent to an activating group) is 1. The average Bonchev–Trinajstić information content (AvgIpc) is 2.48. The highest BCUT2D eigenvalue weighted by Crippen LogP contribution is 2.21. The molecule has 2 rings (SSSR count). The molecule has 0 aromatic heterocycles. The lowest BCUT2D eigenvalue weighted by atomic mass is 9.96. The van der Waals surface area contributed by atoms with Gasteiger partial charge >= 0.3 is 0 Å². The van der Waals surface area contributed by atoms with Crippen molar-refractivity contribution in [3.63, 3.8) is 0 Å². The first-order chi connectivity index (χ1) is 9.70. The summed E-state index contributed by atoms with van der Waals surface area (Å²) in [6, 6.07) is 17.6. The minimum Gasteiger partial charge on any atom is -0.387 e. The first-order valence-electron chi connectivity index (χ1n) is 6.91. The van der Waals surface area contributed by atoms with Crippen molar-refractivity contribution in [2.75, 3.05) is 6.54 Å². The van der Waals surface area contributed by atoms with E-state index < -0.39 is 6.10 Å². The molecule has 0 radical (unpaired) electrons. The maximum absolute atomic E-state index is 10.6. The van der Waals surface area contributed by atoms with Gasteiger partial charge in [-0.2, -0.15) is 0 Å². The van der Waals surface area contributed by atoms with Crippen molar-refractivity contribution in [3.8, 4) is 0 Å². The van der Waals surface area contributed by atoms with Crippen molar-refractivity contribution in [1.82, 2.24) is 5.32 Å². The van der Waals surface area contributed by atoms with Gasteiger partial charge in [-0.3, -0.25) is 0 Å². The Morgan fingerprint density at radius 2 is 1.70 bits per heavy atom. The normalized spacial score (nSPS) is 13.9. The molecule has 2 atom stereocenters. The Morgan fingerprint density at radius 1 is 1.05 bits per heavy atom. The van der Waals surface area contributed by atoms with E-state index in [0.29, 0.717) is 5.02 Å². The van der Waals surface area contributed by atoms with Crippen LogP contribution in [0.4, 0.5) is 0 Å². The summed E-state index contributed by atoms with van der Waals surface area (Å²) in [4.78, 5) is 0. The lowest BCUT2D eigenvalue weighted by Gasteiger charge is -2.24. The molecule has 2 N–H and O–H groups in total. The van der Waals surface area contributed by atoms with Crippen molar-refractivity contribution in [1.29, 1.82) is 0 Å². The molecule has 0 saturated heterocycles. The minimum atomic E-state index is -0.549. The lowest BCUT2D eigenvalue weighted by Crippen LogP contribution is -2.36. The monoisotopic (exact) mass is 289 g/mol. The Bertz CT molecular complexity index is 512. The SMILES string of the molecule is CCNC(Cc1ccccc1)C(O)c1ccc(Cl)cc1. The third-order valence-electron chi connectivity index (χ3n) is 3.36. The zero-order valence-corrected chi connectivity index (χ0v) is 12.3. The van der Waals surface area contributed by atoms with Crippen molar-refractivity contribution in [2.45, 2.75) is 25.5 Å². The van der Waals surface area contributed by atoms with Crippen molar-refractivity contribution in [2.24, 2.45) is 0 Å². The Kier molecular flexibility index (Phi) is 5.60. The van der Waals surface area contributed by atoms with Gasteiger partial charge < -0.3 is 10.4 Å². The van der Waals surface area contributed by atoms with Crippen LogP contribution >= 0.6 is 11.6 Å². The van der Waals surface area contributed by atoms with Crippen molar-refractivity contribution >= 4 is 11.6 Å². The number of rotatable bonds is 6. The van der Waals surface area contributed by atoms with Crippen molar-refractivity contribution < 1.29 is 5.11 Å². The van der Waals surface area contributed by atoms with Crippen LogP contribution in [0.3, 0.4) is 0 Å². The van der Waals surface area contributed by atoms with Crippen LogP contribution in [0.2, 0.25) is 5.02 Å². The molecule has 0 heterocycles. The number of hydrogen-bond donors (Lipinski definition) is 2. The molecular weight excluding hydrogens is 270 g/mol. The van der Waals surface area contributed by atoms with Gasteiger partial charge in [0.15, 0.2) is 0 Å². The number of nitrogens with one attached hydrogen (secondary N) is 1. The summed E-state index contributed by atoms with van der Waals surface area (Å²) in [5.41, 5.74) is 2.10. The predicted molar refractivity (Wildman–Crippen MR) is 84.0 cm³/mol. The third-order valence-corrected chi connectivity index (χ3v) is 3.61. The number of hydrogen-bond acceptors (Lipinski definition) is 2. The molecule has 0 saturated carbocycles. The van der Waals surface area contributed by atoms with Gasteiger partial charge in [0.05, 0.1) is 6.10 Å². The second-order valence-corrected chi connectivity index (χ2v) is 5.29. The van der Waals surface area contributed by atoms with Gasteiger partial charge in [-0.25, -0.2) is 0 Å². The summed E-state index contributed by atoms with van der Waals surface area (Å²) in [7, 11) is 0. The quantitative estimate of drug-likeness (QED) is 0.852. The summed E-state index contributed by atoms with van der Waals surface area (Å²) in [5, 5.41) is 14.6. The van der Waals surface area contributed by atoms with Gasteiger partial charge in [0.1, 0.15) is 0 Å². The van der Waals surface area contributed by atoms with E-state index in [1.54, 1.807) is 0 Å². The average molecular weight is 290 g/mol. The Balaban J connectivity index is 2.13. The summed E-state index contributed by atoms with van der Waals surface area (Å²) in [6.07, 6.45) is 0.241. The number of benzene rings is 2. The molecular formula is C17H20ClNO. The summed E-state index contributed by atoms with van der Waals surface area (Å²) < 4.78 is 0. The summed E-state index contributed by atoms with van der Waals surface area (Å²) >= 11 is 5.89. The lowest BCUT2D eigenvalue weighted by molar-refractivity contribution is 0.129. The minimum absolute atomic E-state index is 0.0106. The number of halogens is 1. The maximum atomic E-state index is 10.6. The second-order valence-electron chi connectivity index (χ2n) is 4.85. The van der Waals surface area contributed by atoms with Crippen LogP contribution in [0.25, 0.3) is 0 Å². The predicted octanol–water partition coefficient (Wildman–Crippen LogP) is 3.59. The first kappa shape index (κ1) is 15.0.